The van der Waals surface area contributed by atoms with Gasteiger partial charge in [-0.3, -0.25) is 4.79 Å². The number of nitrogens with zero attached hydrogens (tertiary/aromatic N) is 4. The molecular weight excluding hydrogens is 256 g/mol. The van der Waals surface area contributed by atoms with Gasteiger partial charge in [0.25, 0.3) is 0 Å². The second kappa shape index (κ2) is 6.76. The Morgan fingerprint density at radius 2 is 2.20 bits per heavy atom. The van der Waals surface area contributed by atoms with Gasteiger partial charge in [-0.05, 0) is 29.1 Å². The van der Waals surface area contributed by atoms with Gasteiger partial charge in [0.05, 0.1) is 11.4 Å². The fourth-order valence-electron chi connectivity index (χ4n) is 1.76. The van der Waals surface area contributed by atoms with Crippen LogP contribution in [0.25, 0.3) is 5.69 Å². The molecule has 0 saturated heterocycles. The van der Waals surface area contributed by atoms with Crippen LogP contribution < -0.4 is 10.6 Å². The Morgan fingerprint density at radius 3 is 2.90 bits per heavy atom. The molecule has 0 aliphatic heterocycles. The molecule has 2 aromatic rings. The van der Waals surface area contributed by atoms with Crippen molar-refractivity contribution in [1.29, 1.82) is 0 Å². The van der Waals surface area contributed by atoms with Gasteiger partial charge in [-0.25, -0.2) is 0 Å². The van der Waals surface area contributed by atoms with Crippen molar-refractivity contribution in [2.45, 2.75) is 13.8 Å². The van der Waals surface area contributed by atoms with E-state index in [2.05, 4.69) is 26.2 Å². The lowest BCUT2D eigenvalue weighted by Gasteiger charge is -2.14. The molecule has 106 valence electrons. The van der Waals surface area contributed by atoms with Crippen LogP contribution in [0.1, 0.15) is 13.8 Å². The maximum atomic E-state index is 12.1. The maximum Gasteiger partial charge on any atom is 0.228 e. The predicted octanol–water partition coefficient (Wildman–Crippen LogP) is 0.846. The van der Waals surface area contributed by atoms with Gasteiger partial charge in [-0.2, -0.15) is 4.68 Å². The molecular formula is C13H18N6O. The first-order chi connectivity index (χ1) is 9.72. The van der Waals surface area contributed by atoms with Gasteiger partial charge in [0.15, 0.2) is 0 Å². The van der Waals surface area contributed by atoms with Crippen molar-refractivity contribution < 1.29 is 4.79 Å². The Morgan fingerprint density at radius 1 is 1.40 bits per heavy atom. The fourth-order valence-corrected chi connectivity index (χ4v) is 1.76. The third-order valence-corrected chi connectivity index (χ3v) is 2.91. The quantitative estimate of drug-likeness (QED) is 0.815. The molecule has 0 aliphatic carbocycles. The molecule has 7 heteroatoms. The molecule has 0 aliphatic rings. The number of benzene rings is 1. The largest absolute Gasteiger partial charge is 0.324 e. The smallest absolute Gasteiger partial charge is 0.228 e. The zero-order valence-corrected chi connectivity index (χ0v) is 11.6. The van der Waals surface area contributed by atoms with Crippen molar-refractivity contribution in [3.63, 3.8) is 0 Å². The number of amides is 1. The van der Waals surface area contributed by atoms with Crippen LogP contribution in [0.2, 0.25) is 0 Å². The molecule has 2 rings (SSSR count). The summed E-state index contributed by atoms with van der Waals surface area (Å²) in [6.07, 6.45) is 1.49. The van der Waals surface area contributed by atoms with E-state index in [1.165, 1.54) is 11.0 Å². The monoisotopic (exact) mass is 274 g/mol. The van der Waals surface area contributed by atoms with Crippen LogP contribution in [0.3, 0.4) is 0 Å². The van der Waals surface area contributed by atoms with E-state index in [0.29, 0.717) is 12.2 Å². The first kappa shape index (κ1) is 14.1. The van der Waals surface area contributed by atoms with Gasteiger partial charge in [-0.15, -0.1) is 5.10 Å². The molecule has 1 heterocycles. The SMILES string of the molecule is CCNCC(C)C(=O)Nc1ccccc1-n1cnnn1. The second-order valence-corrected chi connectivity index (χ2v) is 4.47. The summed E-state index contributed by atoms with van der Waals surface area (Å²) in [6.45, 7) is 5.39. The number of hydrogen-bond acceptors (Lipinski definition) is 5. The van der Waals surface area contributed by atoms with Gasteiger partial charge in [-0.1, -0.05) is 26.0 Å². The van der Waals surface area contributed by atoms with Crippen molar-refractivity contribution in [3.05, 3.63) is 30.6 Å². The van der Waals surface area contributed by atoms with E-state index in [0.717, 1.165) is 12.2 Å². The van der Waals surface area contributed by atoms with Gasteiger partial charge in [0.2, 0.25) is 5.91 Å². The van der Waals surface area contributed by atoms with Crippen molar-refractivity contribution in [2.75, 3.05) is 18.4 Å². The molecule has 1 amide bonds. The Bertz CT molecular complexity index is 554. The van der Waals surface area contributed by atoms with E-state index < -0.39 is 0 Å². The highest BCUT2D eigenvalue weighted by atomic mass is 16.1. The van der Waals surface area contributed by atoms with Gasteiger partial charge in [0, 0.05) is 12.5 Å². The number of anilines is 1. The lowest BCUT2D eigenvalue weighted by molar-refractivity contribution is -0.119. The van der Waals surface area contributed by atoms with Crippen molar-refractivity contribution >= 4 is 11.6 Å². The van der Waals surface area contributed by atoms with E-state index in [-0.39, 0.29) is 11.8 Å². The molecule has 0 spiro atoms. The Kier molecular flexibility index (Phi) is 4.78. The van der Waals surface area contributed by atoms with Crippen LogP contribution in [0, 0.1) is 5.92 Å². The first-order valence-corrected chi connectivity index (χ1v) is 6.56. The molecule has 20 heavy (non-hydrogen) atoms. The average molecular weight is 274 g/mol. The molecule has 1 unspecified atom stereocenters. The average Bonchev–Trinajstić information content (AvgIpc) is 2.99. The van der Waals surface area contributed by atoms with Crippen LogP contribution >= 0.6 is 0 Å². The second-order valence-electron chi connectivity index (χ2n) is 4.47. The molecule has 7 nitrogen and oxygen atoms in total. The molecule has 0 bridgehead atoms. The van der Waals surface area contributed by atoms with E-state index in [9.17, 15) is 4.79 Å². The third-order valence-electron chi connectivity index (χ3n) is 2.91. The predicted molar refractivity (Wildman–Crippen MR) is 75.5 cm³/mol. The number of tetrazole rings is 1. The standard InChI is InChI=1S/C13H18N6O/c1-3-14-8-10(2)13(20)16-11-6-4-5-7-12(11)19-9-15-17-18-19/h4-7,9-10,14H,3,8H2,1-2H3,(H,16,20). The summed E-state index contributed by atoms with van der Waals surface area (Å²) in [7, 11) is 0. The highest BCUT2D eigenvalue weighted by Gasteiger charge is 2.14. The minimum atomic E-state index is -0.114. The number of nitrogens with one attached hydrogen (secondary N) is 2. The van der Waals surface area contributed by atoms with Crippen molar-refractivity contribution in [2.24, 2.45) is 5.92 Å². The topological polar surface area (TPSA) is 84.7 Å². The minimum Gasteiger partial charge on any atom is -0.324 e. The summed E-state index contributed by atoms with van der Waals surface area (Å²) in [6, 6.07) is 7.41. The van der Waals surface area contributed by atoms with Crippen molar-refractivity contribution in [3.8, 4) is 5.69 Å². The molecule has 1 aromatic carbocycles. The van der Waals surface area contributed by atoms with Crippen LogP contribution in [0.5, 0.6) is 0 Å². The Hall–Kier alpha value is -2.28. The first-order valence-electron chi connectivity index (χ1n) is 6.56. The van der Waals surface area contributed by atoms with E-state index >= 15 is 0 Å². The molecule has 1 atom stereocenters. The number of carbonyl (C=O) groups excluding carboxylic acids is 1. The van der Waals surface area contributed by atoms with Crippen LogP contribution in [0.15, 0.2) is 30.6 Å². The molecule has 0 saturated carbocycles. The van der Waals surface area contributed by atoms with Gasteiger partial charge < -0.3 is 10.6 Å². The molecule has 0 fully saturated rings. The Balaban J connectivity index is 2.12. The van der Waals surface area contributed by atoms with Gasteiger partial charge in [0.1, 0.15) is 6.33 Å². The summed E-state index contributed by atoms with van der Waals surface area (Å²) in [5, 5.41) is 17.1. The number of carbonyl (C=O) groups is 1. The van der Waals surface area contributed by atoms with E-state index in [4.69, 9.17) is 0 Å². The molecule has 1 aromatic heterocycles. The van der Waals surface area contributed by atoms with E-state index in [1.807, 2.05) is 38.1 Å². The lowest BCUT2D eigenvalue weighted by Crippen LogP contribution is -2.30. The van der Waals surface area contributed by atoms with Gasteiger partial charge >= 0.3 is 0 Å². The number of aromatic nitrogens is 4. The zero-order valence-electron chi connectivity index (χ0n) is 11.6. The van der Waals surface area contributed by atoms with E-state index in [1.54, 1.807) is 0 Å². The third kappa shape index (κ3) is 3.39. The number of hydrogen-bond donors (Lipinski definition) is 2. The summed E-state index contributed by atoms with van der Waals surface area (Å²) >= 11 is 0. The lowest BCUT2D eigenvalue weighted by atomic mass is 10.1. The fraction of sp³-hybridized carbons (Fsp3) is 0.385. The maximum absolute atomic E-state index is 12.1. The summed E-state index contributed by atoms with van der Waals surface area (Å²) in [5.41, 5.74) is 1.43. The molecule has 2 N–H and O–H groups in total. The summed E-state index contributed by atoms with van der Waals surface area (Å²) < 4.78 is 1.52. The van der Waals surface area contributed by atoms with Crippen molar-refractivity contribution in [1.82, 2.24) is 25.5 Å². The number of rotatable bonds is 6. The van der Waals surface area contributed by atoms with Crippen LogP contribution in [-0.4, -0.2) is 39.2 Å². The zero-order chi connectivity index (χ0) is 14.4. The summed E-state index contributed by atoms with van der Waals surface area (Å²) in [4.78, 5) is 12.1. The summed E-state index contributed by atoms with van der Waals surface area (Å²) in [5.74, 6) is -0.150. The highest BCUT2D eigenvalue weighted by molar-refractivity contribution is 5.94. The van der Waals surface area contributed by atoms with Crippen LogP contribution in [0.4, 0.5) is 5.69 Å². The molecule has 0 radical (unpaired) electrons. The highest BCUT2D eigenvalue weighted by Crippen LogP contribution is 2.19. The van der Waals surface area contributed by atoms with Crippen LogP contribution in [-0.2, 0) is 4.79 Å². The normalized spacial score (nSPS) is 12.1. The minimum absolute atomic E-state index is 0.0357. The number of para-hydroxylation sites is 2. The Labute approximate surface area is 117 Å².